The fourth-order valence-corrected chi connectivity index (χ4v) is 5.02. The first kappa shape index (κ1) is 21.5. The molecule has 2 aromatic rings. The second kappa shape index (κ2) is 8.30. The summed E-state index contributed by atoms with van der Waals surface area (Å²) in [4.78, 5) is 34.5. The second-order valence-electron chi connectivity index (χ2n) is 8.65. The Morgan fingerprint density at radius 2 is 1.97 bits per heavy atom. The number of hydrogen-bond acceptors (Lipinski definition) is 4. The van der Waals surface area contributed by atoms with E-state index in [1.54, 1.807) is 11.6 Å². The number of hydrogen-bond donors (Lipinski definition) is 1. The molecule has 29 heavy (non-hydrogen) atoms. The normalized spacial score (nSPS) is 16.2. The van der Waals surface area contributed by atoms with Crippen LogP contribution in [0.1, 0.15) is 37.6 Å². The van der Waals surface area contributed by atoms with Crippen molar-refractivity contribution >= 4 is 27.5 Å². The fraction of sp³-hybridized carbons (Fsp3) is 0.650. The molecule has 1 aliphatic heterocycles. The highest BCUT2D eigenvalue weighted by Crippen LogP contribution is 2.30. The van der Waals surface area contributed by atoms with Gasteiger partial charge in [-0.3, -0.25) is 23.3 Å². The lowest BCUT2D eigenvalue weighted by Crippen LogP contribution is -2.42. The minimum Gasteiger partial charge on any atom is -0.354 e. The maximum Gasteiger partial charge on any atom is 0.332 e. The van der Waals surface area contributed by atoms with Crippen LogP contribution in [0.5, 0.6) is 0 Å². The number of aryl methyl sites for hydroxylation is 2. The Morgan fingerprint density at radius 3 is 2.59 bits per heavy atom. The zero-order valence-corrected chi connectivity index (χ0v) is 18.7. The lowest BCUT2D eigenvalue weighted by Gasteiger charge is -2.20. The molecule has 0 saturated carbocycles. The Bertz CT molecular complexity index is 1040. The standard InChI is InChI=1S/C20H30FN5O2S/c1-13-14(11-24-10-8-23-18(24)22-5)29-17-15(13)16(27)26(12-20(2,3)4)19(28)25(17)9-6-7-21/h6-12H2,1-5H3,(H,22,23). The molecule has 0 spiro atoms. The molecule has 3 rings (SSSR count). The van der Waals surface area contributed by atoms with Crippen LogP contribution in [0.15, 0.2) is 14.6 Å². The van der Waals surface area contributed by atoms with Crippen LogP contribution in [0, 0.1) is 12.3 Å². The molecule has 0 aromatic carbocycles. The first-order valence-electron chi connectivity index (χ1n) is 9.95. The highest BCUT2D eigenvalue weighted by Gasteiger charge is 2.25. The molecule has 9 heteroatoms. The van der Waals surface area contributed by atoms with Crippen LogP contribution < -0.4 is 16.6 Å². The van der Waals surface area contributed by atoms with Crippen molar-refractivity contribution in [2.45, 2.75) is 53.8 Å². The Hall–Kier alpha value is -2.16. The van der Waals surface area contributed by atoms with Gasteiger partial charge in [0, 0.05) is 38.1 Å². The molecular weight excluding hydrogens is 393 g/mol. The number of alkyl halides is 1. The minimum atomic E-state index is -0.501. The lowest BCUT2D eigenvalue weighted by atomic mass is 9.97. The van der Waals surface area contributed by atoms with Crippen molar-refractivity contribution in [2.75, 3.05) is 26.8 Å². The van der Waals surface area contributed by atoms with Gasteiger partial charge in [-0.2, -0.15) is 0 Å². The van der Waals surface area contributed by atoms with Crippen molar-refractivity contribution in [1.82, 2.24) is 19.4 Å². The first-order valence-corrected chi connectivity index (χ1v) is 10.8. The SMILES string of the molecule is C/N=C1\NCCN1Cc1sc2c(c1C)c(=O)n(CC(C)(C)C)c(=O)n2CCCF. The van der Waals surface area contributed by atoms with Crippen LogP contribution in [0.4, 0.5) is 4.39 Å². The van der Waals surface area contributed by atoms with E-state index in [0.29, 0.717) is 23.3 Å². The molecule has 1 N–H and O–H groups in total. The molecule has 7 nitrogen and oxygen atoms in total. The Kier molecular flexibility index (Phi) is 6.16. The number of aliphatic imine (C=N–C) groups is 1. The molecule has 2 aromatic heterocycles. The van der Waals surface area contributed by atoms with Crippen molar-refractivity contribution in [3.63, 3.8) is 0 Å². The number of nitrogens with zero attached hydrogens (tertiary/aromatic N) is 4. The highest BCUT2D eigenvalue weighted by molar-refractivity contribution is 7.18. The quantitative estimate of drug-likeness (QED) is 0.774. The third kappa shape index (κ3) is 4.24. The molecule has 0 unspecified atom stereocenters. The largest absolute Gasteiger partial charge is 0.354 e. The monoisotopic (exact) mass is 423 g/mol. The molecule has 1 aliphatic rings. The van der Waals surface area contributed by atoms with Gasteiger partial charge in [-0.05, 0) is 24.3 Å². The first-order chi connectivity index (χ1) is 13.7. The number of halogens is 1. The predicted octanol–water partition coefficient (Wildman–Crippen LogP) is 2.33. The van der Waals surface area contributed by atoms with Gasteiger partial charge in [-0.15, -0.1) is 11.3 Å². The van der Waals surface area contributed by atoms with Gasteiger partial charge in [0.15, 0.2) is 5.96 Å². The third-order valence-corrected chi connectivity index (χ3v) is 6.35. The van der Waals surface area contributed by atoms with E-state index in [1.807, 2.05) is 27.7 Å². The van der Waals surface area contributed by atoms with Crippen LogP contribution in [0.25, 0.3) is 10.2 Å². The van der Waals surface area contributed by atoms with Crippen LogP contribution in [0.2, 0.25) is 0 Å². The smallest absolute Gasteiger partial charge is 0.332 e. The van der Waals surface area contributed by atoms with Gasteiger partial charge in [0.1, 0.15) is 4.83 Å². The van der Waals surface area contributed by atoms with Crippen molar-refractivity contribution in [3.8, 4) is 0 Å². The molecule has 0 aliphatic carbocycles. The average Bonchev–Trinajstić information content (AvgIpc) is 3.23. The Morgan fingerprint density at radius 1 is 1.24 bits per heavy atom. The Labute approximate surface area is 173 Å². The van der Waals surface area contributed by atoms with E-state index >= 15 is 0 Å². The van der Waals surface area contributed by atoms with Gasteiger partial charge in [-0.1, -0.05) is 20.8 Å². The summed E-state index contributed by atoms with van der Waals surface area (Å²) >= 11 is 1.46. The number of thiophene rings is 1. The minimum absolute atomic E-state index is 0.227. The van der Waals surface area contributed by atoms with Gasteiger partial charge in [0.25, 0.3) is 5.56 Å². The maximum absolute atomic E-state index is 13.3. The zero-order valence-electron chi connectivity index (χ0n) is 17.8. The van der Waals surface area contributed by atoms with E-state index in [2.05, 4.69) is 15.2 Å². The molecule has 0 amide bonds. The highest BCUT2D eigenvalue weighted by atomic mass is 32.1. The van der Waals surface area contributed by atoms with Crippen LogP contribution in [0.3, 0.4) is 0 Å². The van der Waals surface area contributed by atoms with E-state index in [9.17, 15) is 14.0 Å². The number of nitrogens with one attached hydrogen (secondary N) is 1. The topological polar surface area (TPSA) is 71.6 Å². The van der Waals surface area contributed by atoms with Crippen LogP contribution >= 0.6 is 11.3 Å². The molecule has 1 fully saturated rings. The fourth-order valence-electron chi connectivity index (χ4n) is 3.69. The van der Waals surface area contributed by atoms with Gasteiger partial charge in [0.05, 0.1) is 18.6 Å². The molecule has 1 saturated heterocycles. The van der Waals surface area contributed by atoms with Crippen LogP contribution in [-0.2, 0) is 19.6 Å². The summed E-state index contributed by atoms with van der Waals surface area (Å²) in [5, 5.41) is 3.82. The summed E-state index contributed by atoms with van der Waals surface area (Å²) in [7, 11) is 1.75. The van der Waals surface area contributed by atoms with Crippen molar-refractivity contribution in [1.29, 1.82) is 0 Å². The molecule has 0 bridgehead atoms. The van der Waals surface area contributed by atoms with E-state index in [0.717, 1.165) is 29.5 Å². The molecule has 0 radical (unpaired) electrons. The zero-order chi connectivity index (χ0) is 21.3. The number of fused-ring (bicyclic) bond motifs is 1. The number of guanidine groups is 1. The number of rotatable bonds is 6. The van der Waals surface area contributed by atoms with E-state index in [4.69, 9.17) is 0 Å². The lowest BCUT2D eigenvalue weighted by molar-refractivity contribution is 0.326. The molecule has 3 heterocycles. The third-order valence-electron chi connectivity index (χ3n) is 5.05. The predicted molar refractivity (Wildman–Crippen MR) is 117 cm³/mol. The maximum atomic E-state index is 13.3. The summed E-state index contributed by atoms with van der Waals surface area (Å²) in [6, 6.07) is 0. The molecule has 160 valence electrons. The van der Waals surface area contributed by atoms with Crippen molar-refractivity contribution < 1.29 is 4.39 Å². The second-order valence-corrected chi connectivity index (χ2v) is 9.74. The summed E-state index contributed by atoms with van der Waals surface area (Å²) in [6.07, 6.45) is 0.248. The summed E-state index contributed by atoms with van der Waals surface area (Å²) in [6.45, 7) is 10.3. The van der Waals surface area contributed by atoms with E-state index in [-0.39, 0.29) is 29.6 Å². The van der Waals surface area contributed by atoms with Crippen LogP contribution in [-0.4, -0.2) is 46.8 Å². The Balaban J connectivity index is 2.18. The van der Waals surface area contributed by atoms with Gasteiger partial charge < -0.3 is 10.2 Å². The van der Waals surface area contributed by atoms with E-state index < -0.39 is 6.67 Å². The molecule has 0 atom stereocenters. The summed E-state index contributed by atoms with van der Waals surface area (Å²) in [5.41, 5.74) is 0.0707. The van der Waals surface area contributed by atoms with E-state index in [1.165, 1.54) is 15.9 Å². The van der Waals surface area contributed by atoms with Crippen molar-refractivity contribution in [2.24, 2.45) is 10.4 Å². The molecular formula is C20H30FN5O2S. The number of aromatic nitrogens is 2. The van der Waals surface area contributed by atoms with Crippen molar-refractivity contribution in [3.05, 3.63) is 31.3 Å². The summed E-state index contributed by atoms with van der Waals surface area (Å²) < 4.78 is 15.8. The van der Waals surface area contributed by atoms with Gasteiger partial charge in [0.2, 0.25) is 0 Å². The van der Waals surface area contributed by atoms with Gasteiger partial charge >= 0.3 is 5.69 Å². The average molecular weight is 424 g/mol. The summed E-state index contributed by atoms with van der Waals surface area (Å²) in [5.74, 6) is 0.835. The van der Waals surface area contributed by atoms with Gasteiger partial charge in [-0.25, -0.2) is 4.79 Å².